The number of pyridine rings is 1. The highest BCUT2D eigenvalue weighted by Gasteiger charge is 2.03. The van der Waals surface area contributed by atoms with Crippen LogP contribution in [-0.2, 0) is 6.54 Å². The van der Waals surface area contributed by atoms with E-state index in [1.807, 2.05) is 19.1 Å². The molecule has 1 N–H and O–H groups in total. The Kier molecular flexibility index (Phi) is 4.47. The number of halogens is 1. The van der Waals surface area contributed by atoms with Gasteiger partial charge >= 0.3 is 0 Å². The number of hydrogen-bond donors (Lipinski definition) is 1. The van der Waals surface area contributed by atoms with E-state index in [4.69, 9.17) is 4.74 Å². The van der Waals surface area contributed by atoms with E-state index in [0.717, 1.165) is 24.3 Å². The van der Waals surface area contributed by atoms with E-state index in [9.17, 15) is 4.39 Å². The van der Waals surface area contributed by atoms with Gasteiger partial charge in [-0.2, -0.15) is 0 Å². The van der Waals surface area contributed by atoms with Crippen LogP contribution in [0.3, 0.4) is 0 Å². The Bertz CT molecular complexity index is 558. The quantitative estimate of drug-likeness (QED) is 0.894. The lowest BCUT2D eigenvalue weighted by Crippen LogP contribution is -2.12. The molecule has 0 aliphatic rings. The summed E-state index contributed by atoms with van der Waals surface area (Å²) in [4.78, 5) is 4.29. The third-order valence-corrected chi connectivity index (χ3v) is 2.59. The minimum Gasteiger partial charge on any atom is -0.439 e. The van der Waals surface area contributed by atoms with Gasteiger partial charge in [0.25, 0.3) is 0 Å². The lowest BCUT2D eigenvalue weighted by atomic mass is 10.2. The molecule has 2 aromatic rings. The SMILES string of the molecule is CCNCc1cc(C)nc(Oc2cccc(F)c2)c1. The monoisotopic (exact) mass is 260 g/mol. The first-order valence-electron chi connectivity index (χ1n) is 6.29. The summed E-state index contributed by atoms with van der Waals surface area (Å²) in [7, 11) is 0. The van der Waals surface area contributed by atoms with Crippen LogP contribution in [0.25, 0.3) is 0 Å². The smallest absolute Gasteiger partial charge is 0.219 e. The second kappa shape index (κ2) is 6.29. The lowest BCUT2D eigenvalue weighted by molar-refractivity contribution is 0.455. The maximum Gasteiger partial charge on any atom is 0.219 e. The molecule has 100 valence electrons. The van der Waals surface area contributed by atoms with E-state index in [2.05, 4.69) is 17.2 Å². The van der Waals surface area contributed by atoms with Gasteiger partial charge in [0.15, 0.2) is 0 Å². The molecule has 19 heavy (non-hydrogen) atoms. The molecule has 0 atom stereocenters. The summed E-state index contributed by atoms with van der Waals surface area (Å²) in [6.45, 7) is 5.63. The molecular formula is C15H17FN2O. The molecule has 1 aromatic heterocycles. The summed E-state index contributed by atoms with van der Waals surface area (Å²) in [5.41, 5.74) is 1.97. The van der Waals surface area contributed by atoms with Gasteiger partial charge in [0.1, 0.15) is 11.6 Å². The van der Waals surface area contributed by atoms with Crippen molar-refractivity contribution in [1.82, 2.24) is 10.3 Å². The van der Waals surface area contributed by atoms with Gasteiger partial charge in [0, 0.05) is 24.4 Å². The molecule has 0 amide bonds. The Morgan fingerprint density at radius 3 is 2.84 bits per heavy atom. The first kappa shape index (κ1) is 13.5. The Labute approximate surface area is 112 Å². The first-order valence-corrected chi connectivity index (χ1v) is 6.29. The molecule has 0 radical (unpaired) electrons. The number of benzene rings is 1. The standard InChI is InChI=1S/C15H17FN2O/c1-3-17-10-12-7-11(2)18-15(8-12)19-14-6-4-5-13(16)9-14/h4-9,17H,3,10H2,1-2H3. The number of hydrogen-bond acceptors (Lipinski definition) is 3. The second-order valence-electron chi connectivity index (χ2n) is 4.29. The van der Waals surface area contributed by atoms with Crippen LogP contribution in [0, 0.1) is 12.7 Å². The molecule has 0 saturated heterocycles. The van der Waals surface area contributed by atoms with Gasteiger partial charge in [-0.05, 0) is 37.2 Å². The highest BCUT2D eigenvalue weighted by molar-refractivity contribution is 5.30. The van der Waals surface area contributed by atoms with Gasteiger partial charge in [0.05, 0.1) is 0 Å². The molecule has 0 unspecified atom stereocenters. The van der Waals surface area contributed by atoms with E-state index in [-0.39, 0.29) is 5.82 Å². The summed E-state index contributed by atoms with van der Waals surface area (Å²) in [5, 5.41) is 3.25. The molecule has 0 aliphatic carbocycles. The molecule has 2 rings (SSSR count). The normalized spacial score (nSPS) is 10.5. The Morgan fingerprint density at radius 2 is 2.11 bits per heavy atom. The Balaban J connectivity index is 2.17. The first-order chi connectivity index (χ1) is 9.17. The van der Waals surface area contributed by atoms with Crippen LogP contribution in [0.4, 0.5) is 4.39 Å². The fraction of sp³-hybridized carbons (Fsp3) is 0.267. The topological polar surface area (TPSA) is 34.2 Å². The molecule has 4 heteroatoms. The summed E-state index contributed by atoms with van der Waals surface area (Å²) in [5.74, 6) is 0.615. The third kappa shape index (κ3) is 4.03. The second-order valence-corrected chi connectivity index (χ2v) is 4.29. The highest BCUT2D eigenvalue weighted by Crippen LogP contribution is 2.21. The van der Waals surface area contributed by atoms with Crippen LogP contribution in [0.15, 0.2) is 36.4 Å². The van der Waals surface area contributed by atoms with Crippen LogP contribution in [0.1, 0.15) is 18.2 Å². The zero-order valence-corrected chi connectivity index (χ0v) is 11.1. The zero-order chi connectivity index (χ0) is 13.7. The minimum atomic E-state index is -0.321. The number of nitrogens with one attached hydrogen (secondary N) is 1. The van der Waals surface area contributed by atoms with E-state index < -0.39 is 0 Å². The van der Waals surface area contributed by atoms with Gasteiger partial charge in [0.2, 0.25) is 5.88 Å². The van der Waals surface area contributed by atoms with E-state index in [1.165, 1.54) is 12.1 Å². The predicted octanol–water partition coefficient (Wildman–Crippen LogP) is 3.43. The van der Waals surface area contributed by atoms with Gasteiger partial charge in [-0.1, -0.05) is 13.0 Å². The average Bonchev–Trinajstić information content (AvgIpc) is 2.35. The zero-order valence-electron chi connectivity index (χ0n) is 11.1. The maximum atomic E-state index is 13.1. The molecule has 3 nitrogen and oxygen atoms in total. The molecule has 0 saturated carbocycles. The van der Waals surface area contributed by atoms with Crippen molar-refractivity contribution >= 4 is 0 Å². The van der Waals surface area contributed by atoms with Crippen molar-refractivity contribution in [3.63, 3.8) is 0 Å². The number of aromatic nitrogens is 1. The predicted molar refractivity (Wildman–Crippen MR) is 72.8 cm³/mol. The van der Waals surface area contributed by atoms with Crippen LogP contribution < -0.4 is 10.1 Å². The van der Waals surface area contributed by atoms with Crippen LogP contribution in [0.2, 0.25) is 0 Å². The Morgan fingerprint density at radius 1 is 1.26 bits per heavy atom. The van der Waals surface area contributed by atoms with Crippen molar-refractivity contribution in [3.05, 3.63) is 53.5 Å². The summed E-state index contributed by atoms with van der Waals surface area (Å²) < 4.78 is 18.7. The van der Waals surface area contributed by atoms with Crippen LogP contribution in [-0.4, -0.2) is 11.5 Å². The van der Waals surface area contributed by atoms with Crippen molar-refractivity contribution in [1.29, 1.82) is 0 Å². The van der Waals surface area contributed by atoms with Crippen molar-refractivity contribution < 1.29 is 9.13 Å². The number of ether oxygens (including phenoxy) is 1. The fourth-order valence-corrected chi connectivity index (χ4v) is 1.78. The van der Waals surface area contributed by atoms with Crippen molar-refractivity contribution in [2.45, 2.75) is 20.4 Å². The van der Waals surface area contributed by atoms with E-state index >= 15 is 0 Å². The molecule has 0 aliphatic heterocycles. The summed E-state index contributed by atoms with van der Waals surface area (Å²) >= 11 is 0. The average molecular weight is 260 g/mol. The van der Waals surface area contributed by atoms with Gasteiger partial charge in [-0.15, -0.1) is 0 Å². The summed E-state index contributed by atoms with van der Waals surface area (Å²) in [6, 6.07) is 9.90. The molecule has 0 spiro atoms. The summed E-state index contributed by atoms with van der Waals surface area (Å²) in [6.07, 6.45) is 0. The van der Waals surface area contributed by atoms with Crippen LogP contribution in [0.5, 0.6) is 11.6 Å². The molecule has 0 bridgehead atoms. The number of nitrogens with zero attached hydrogens (tertiary/aromatic N) is 1. The van der Waals surface area contributed by atoms with Crippen molar-refractivity contribution in [2.75, 3.05) is 6.54 Å². The van der Waals surface area contributed by atoms with Gasteiger partial charge < -0.3 is 10.1 Å². The van der Waals surface area contributed by atoms with Gasteiger partial charge in [-0.3, -0.25) is 0 Å². The largest absolute Gasteiger partial charge is 0.439 e. The Hall–Kier alpha value is -1.94. The van der Waals surface area contributed by atoms with Gasteiger partial charge in [-0.25, -0.2) is 9.37 Å². The van der Waals surface area contributed by atoms with Crippen molar-refractivity contribution in [2.24, 2.45) is 0 Å². The molecule has 1 aromatic carbocycles. The van der Waals surface area contributed by atoms with Crippen LogP contribution >= 0.6 is 0 Å². The maximum absolute atomic E-state index is 13.1. The molecule has 1 heterocycles. The highest BCUT2D eigenvalue weighted by atomic mass is 19.1. The van der Waals surface area contributed by atoms with E-state index in [0.29, 0.717) is 11.6 Å². The fourth-order valence-electron chi connectivity index (χ4n) is 1.78. The van der Waals surface area contributed by atoms with E-state index in [1.54, 1.807) is 12.1 Å². The third-order valence-electron chi connectivity index (χ3n) is 2.59. The number of rotatable bonds is 5. The lowest BCUT2D eigenvalue weighted by Gasteiger charge is -2.08. The minimum absolute atomic E-state index is 0.321. The molecule has 0 fully saturated rings. The van der Waals surface area contributed by atoms with Crippen molar-refractivity contribution in [3.8, 4) is 11.6 Å². The number of aryl methyl sites for hydroxylation is 1. The molecular weight excluding hydrogens is 243 g/mol.